The van der Waals surface area contributed by atoms with Gasteiger partial charge in [-0.15, -0.1) is 11.8 Å². The van der Waals surface area contributed by atoms with E-state index in [4.69, 9.17) is 5.11 Å². The lowest BCUT2D eigenvalue weighted by atomic mass is 9.76. The first-order valence-electron chi connectivity index (χ1n) is 8.90. The molecule has 0 radical (unpaired) electrons. The topological polar surface area (TPSA) is 60.8 Å². The lowest BCUT2D eigenvalue weighted by Crippen LogP contribution is -2.48. The first-order valence-corrected chi connectivity index (χ1v) is 9.88. The van der Waals surface area contributed by atoms with Crippen LogP contribution in [0, 0.1) is 11.3 Å². The zero-order valence-corrected chi connectivity index (χ0v) is 14.9. The van der Waals surface area contributed by atoms with Gasteiger partial charge in [0.05, 0.1) is 13.2 Å². The maximum absolute atomic E-state index is 12.8. The van der Waals surface area contributed by atoms with Crippen LogP contribution >= 0.6 is 11.8 Å². The van der Waals surface area contributed by atoms with Crippen molar-refractivity contribution < 1.29 is 15.0 Å². The fourth-order valence-corrected chi connectivity index (χ4v) is 4.37. The van der Waals surface area contributed by atoms with E-state index in [9.17, 15) is 9.90 Å². The Balaban J connectivity index is 1.65. The number of piperidine rings is 1. The lowest BCUT2D eigenvalue weighted by molar-refractivity contribution is 0.0196. The molecule has 1 aliphatic heterocycles. The number of carbonyl (C=O) groups is 1. The smallest absolute Gasteiger partial charge is 0.253 e. The highest BCUT2D eigenvalue weighted by molar-refractivity contribution is 7.99. The van der Waals surface area contributed by atoms with Gasteiger partial charge in [-0.2, -0.15) is 0 Å². The zero-order valence-electron chi connectivity index (χ0n) is 14.1. The summed E-state index contributed by atoms with van der Waals surface area (Å²) in [4.78, 5) is 15.8. The van der Waals surface area contributed by atoms with Crippen LogP contribution in [-0.2, 0) is 0 Å². The normalized spacial score (nSPS) is 24.2. The molecule has 1 aromatic carbocycles. The van der Waals surface area contributed by atoms with Crippen molar-refractivity contribution in [3.8, 4) is 0 Å². The predicted molar refractivity (Wildman–Crippen MR) is 96.2 cm³/mol. The van der Waals surface area contributed by atoms with Crippen LogP contribution < -0.4 is 0 Å². The van der Waals surface area contributed by atoms with Crippen molar-refractivity contribution in [1.82, 2.24) is 4.90 Å². The van der Waals surface area contributed by atoms with Crippen molar-refractivity contribution in [2.45, 2.75) is 37.0 Å². The molecule has 0 spiro atoms. The minimum atomic E-state index is -0.0913. The van der Waals surface area contributed by atoms with Gasteiger partial charge in [0.25, 0.3) is 5.91 Å². The highest BCUT2D eigenvalue weighted by atomic mass is 32.2. The van der Waals surface area contributed by atoms with E-state index in [1.54, 1.807) is 11.8 Å². The van der Waals surface area contributed by atoms with E-state index < -0.39 is 0 Å². The van der Waals surface area contributed by atoms with E-state index in [2.05, 4.69) is 0 Å². The van der Waals surface area contributed by atoms with Crippen LogP contribution in [0.15, 0.2) is 29.2 Å². The standard InChI is InChI=1S/C19H27NO3S/c21-10-11-24-17-6-4-16(5-7-17)18(23)20-9-1-8-19(13-20,14-22)12-15-2-3-15/h4-7,15,21-22H,1-3,8-14H2. The number of likely N-dealkylation sites (tertiary alicyclic amines) is 1. The summed E-state index contributed by atoms with van der Waals surface area (Å²) in [6, 6.07) is 7.64. The van der Waals surface area contributed by atoms with Gasteiger partial charge in [-0.25, -0.2) is 0 Å². The van der Waals surface area contributed by atoms with E-state index in [1.165, 1.54) is 12.8 Å². The number of amides is 1. The molecule has 24 heavy (non-hydrogen) atoms. The average molecular weight is 349 g/mol. The van der Waals surface area contributed by atoms with Gasteiger partial charge >= 0.3 is 0 Å². The first kappa shape index (κ1) is 17.8. The second-order valence-electron chi connectivity index (χ2n) is 7.23. The number of hydrogen-bond acceptors (Lipinski definition) is 4. The molecule has 1 saturated carbocycles. The average Bonchev–Trinajstić information content (AvgIpc) is 3.43. The summed E-state index contributed by atoms with van der Waals surface area (Å²) in [5.74, 6) is 1.50. The number of hydrogen-bond donors (Lipinski definition) is 2. The Morgan fingerprint density at radius 2 is 2.00 bits per heavy atom. The third-order valence-corrected chi connectivity index (χ3v) is 6.16. The van der Waals surface area contributed by atoms with Crippen molar-refractivity contribution in [1.29, 1.82) is 0 Å². The Kier molecular flexibility index (Phi) is 5.85. The van der Waals surface area contributed by atoms with Crippen molar-refractivity contribution in [3.63, 3.8) is 0 Å². The molecule has 1 saturated heterocycles. The Hall–Kier alpha value is -1.04. The molecular weight excluding hydrogens is 322 g/mol. The van der Waals surface area contributed by atoms with Gasteiger partial charge in [0.1, 0.15) is 0 Å². The van der Waals surface area contributed by atoms with Gasteiger partial charge in [-0.3, -0.25) is 4.79 Å². The van der Waals surface area contributed by atoms with Crippen LogP contribution in [0.5, 0.6) is 0 Å². The van der Waals surface area contributed by atoms with Crippen LogP contribution in [-0.4, -0.2) is 53.1 Å². The molecule has 1 heterocycles. The number of benzene rings is 1. The quantitative estimate of drug-likeness (QED) is 0.743. The van der Waals surface area contributed by atoms with Gasteiger partial charge in [-0.05, 0) is 49.4 Å². The Morgan fingerprint density at radius 1 is 1.25 bits per heavy atom. The Morgan fingerprint density at radius 3 is 2.62 bits per heavy atom. The fraction of sp³-hybridized carbons (Fsp3) is 0.632. The van der Waals surface area contributed by atoms with Crippen LogP contribution in [0.1, 0.15) is 42.5 Å². The maximum atomic E-state index is 12.8. The second kappa shape index (κ2) is 7.89. The third-order valence-electron chi connectivity index (χ3n) is 5.16. The maximum Gasteiger partial charge on any atom is 0.253 e. The van der Waals surface area contributed by atoms with Gasteiger partial charge in [-0.1, -0.05) is 12.8 Å². The number of nitrogens with zero attached hydrogens (tertiary/aromatic N) is 1. The van der Waals surface area contributed by atoms with E-state index in [0.29, 0.717) is 17.9 Å². The van der Waals surface area contributed by atoms with Crippen LogP contribution in [0.25, 0.3) is 0 Å². The molecule has 3 rings (SSSR count). The molecule has 132 valence electrons. The summed E-state index contributed by atoms with van der Waals surface area (Å²) in [6.45, 7) is 1.81. The van der Waals surface area contributed by atoms with Crippen molar-refractivity contribution >= 4 is 17.7 Å². The Labute approximate surface area is 148 Å². The minimum Gasteiger partial charge on any atom is -0.396 e. The summed E-state index contributed by atoms with van der Waals surface area (Å²) in [5, 5.41) is 18.8. The monoisotopic (exact) mass is 349 g/mol. The number of carbonyl (C=O) groups excluding carboxylic acids is 1. The predicted octanol–water partition coefficient (Wildman–Crippen LogP) is 2.79. The van der Waals surface area contributed by atoms with Crippen molar-refractivity contribution in [3.05, 3.63) is 29.8 Å². The van der Waals surface area contributed by atoms with Crippen molar-refractivity contribution in [2.24, 2.45) is 11.3 Å². The van der Waals surface area contributed by atoms with Crippen LogP contribution in [0.4, 0.5) is 0 Å². The summed E-state index contributed by atoms with van der Waals surface area (Å²) >= 11 is 1.59. The zero-order chi connectivity index (χ0) is 17.0. The Bertz CT molecular complexity index is 558. The second-order valence-corrected chi connectivity index (χ2v) is 8.40. The molecule has 1 atom stereocenters. The molecule has 2 fully saturated rings. The summed E-state index contributed by atoms with van der Waals surface area (Å²) in [7, 11) is 0. The molecule has 0 aromatic heterocycles. The number of aliphatic hydroxyl groups excluding tert-OH is 2. The molecule has 1 aliphatic carbocycles. The molecule has 2 aliphatic rings. The highest BCUT2D eigenvalue weighted by Crippen LogP contribution is 2.44. The summed E-state index contributed by atoms with van der Waals surface area (Å²) in [5.41, 5.74) is 0.620. The van der Waals surface area contributed by atoms with Crippen LogP contribution in [0.2, 0.25) is 0 Å². The SMILES string of the molecule is O=C(c1ccc(SCCO)cc1)N1CCCC(CO)(CC2CC2)C1. The van der Waals surface area contributed by atoms with E-state index >= 15 is 0 Å². The van der Waals surface area contributed by atoms with Gasteiger partial charge < -0.3 is 15.1 Å². The number of thioether (sulfide) groups is 1. The minimum absolute atomic E-state index is 0.0713. The summed E-state index contributed by atoms with van der Waals surface area (Å²) < 4.78 is 0. The van der Waals surface area contributed by atoms with E-state index in [-0.39, 0.29) is 24.5 Å². The molecule has 1 unspecified atom stereocenters. The molecule has 2 N–H and O–H groups in total. The van der Waals surface area contributed by atoms with Crippen LogP contribution in [0.3, 0.4) is 0 Å². The third kappa shape index (κ3) is 4.32. The van der Waals surface area contributed by atoms with Gasteiger partial charge in [0.2, 0.25) is 0 Å². The highest BCUT2D eigenvalue weighted by Gasteiger charge is 2.41. The molecule has 1 aromatic rings. The number of aliphatic hydroxyl groups is 2. The number of rotatable bonds is 7. The van der Waals surface area contributed by atoms with Gasteiger partial charge in [0.15, 0.2) is 0 Å². The molecular formula is C19H27NO3S. The lowest BCUT2D eigenvalue weighted by Gasteiger charge is -2.42. The fourth-order valence-electron chi connectivity index (χ4n) is 3.72. The molecule has 1 amide bonds. The first-order chi connectivity index (χ1) is 11.7. The van der Waals surface area contributed by atoms with E-state index in [1.807, 2.05) is 29.2 Å². The summed E-state index contributed by atoms with van der Waals surface area (Å²) in [6.07, 6.45) is 5.62. The largest absolute Gasteiger partial charge is 0.396 e. The van der Waals surface area contributed by atoms with E-state index in [0.717, 1.165) is 36.6 Å². The molecule has 0 bridgehead atoms. The molecule has 5 heteroatoms. The van der Waals surface area contributed by atoms with Crippen molar-refractivity contribution in [2.75, 3.05) is 32.1 Å². The van der Waals surface area contributed by atoms with Gasteiger partial charge in [0, 0.05) is 34.7 Å². The molecule has 4 nitrogen and oxygen atoms in total.